The highest BCUT2D eigenvalue weighted by Gasteiger charge is 2.17. The first-order valence-corrected chi connectivity index (χ1v) is 6.09. The molecule has 4 nitrogen and oxygen atoms in total. The summed E-state index contributed by atoms with van der Waals surface area (Å²) in [7, 11) is 0. The SMILES string of the molecule is Cc1cc(C(C)(C)C)ccc1-c1nc(C(=O)O)co1. The zero-order valence-electron chi connectivity index (χ0n) is 11.5. The second-order valence-corrected chi connectivity index (χ2v) is 5.62. The van der Waals surface area contributed by atoms with Gasteiger partial charge in [0.1, 0.15) is 6.26 Å². The summed E-state index contributed by atoms with van der Waals surface area (Å²) in [6.07, 6.45) is 1.16. The highest BCUT2D eigenvalue weighted by atomic mass is 16.4. The molecule has 1 aromatic carbocycles. The van der Waals surface area contributed by atoms with Crippen molar-refractivity contribution < 1.29 is 14.3 Å². The first-order valence-electron chi connectivity index (χ1n) is 6.09. The van der Waals surface area contributed by atoms with Gasteiger partial charge in [0.05, 0.1) is 0 Å². The van der Waals surface area contributed by atoms with Crippen molar-refractivity contribution in [2.45, 2.75) is 33.1 Å². The zero-order chi connectivity index (χ0) is 14.2. The summed E-state index contributed by atoms with van der Waals surface area (Å²) in [5.41, 5.74) is 3.06. The van der Waals surface area contributed by atoms with Crippen LogP contribution in [0.2, 0.25) is 0 Å². The normalized spacial score (nSPS) is 11.6. The molecule has 1 aromatic heterocycles. The molecule has 4 heteroatoms. The van der Waals surface area contributed by atoms with Crippen molar-refractivity contribution in [2.24, 2.45) is 0 Å². The maximum absolute atomic E-state index is 10.8. The molecule has 2 aromatic rings. The van der Waals surface area contributed by atoms with Gasteiger partial charge >= 0.3 is 5.97 Å². The van der Waals surface area contributed by atoms with Crippen LogP contribution in [-0.2, 0) is 5.41 Å². The lowest BCUT2D eigenvalue weighted by atomic mass is 9.85. The molecule has 0 spiro atoms. The first kappa shape index (κ1) is 13.3. The van der Waals surface area contributed by atoms with E-state index in [1.165, 1.54) is 5.56 Å². The fraction of sp³-hybridized carbons (Fsp3) is 0.333. The van der Waals surface area contributed by atoms with Gasteiger partial charge in [-0.15, -0.1) is 0 Å². The minimum Gasteiger partial charge on any atom is -0.476 e. The maximum Gasteiger partial charge on any atom is 0.357 e. The van der Waals surface area contributed by atoms with E-state index in [4.69, 9.17) is 9.52 Å². The van der Waals surface area contributed by atoms with E-state index in [9.17, 15) is 4.79 Å². The number of nitrogens with zero attached hydrogens (tertiary/aromatic N) is 1. The smallest absolute Gasteiger partial charge is 0.357 e. The Morgan fingerprint density at radius 2 is 2.00 bits per heavy atom. The zero-order valence-corrected chi connectivity index (χ0v) is 11.5. The van der Waals surface area contributed by atoms with Crippen molar-refractivity contribution in [3.05, 3.63) is 41.3 Å². The molecular weight excluding hydrogens is 242 g/mol. The average Bonchev–Trinajstić information content (AvgIpc) is 2.76. The highest BCUT2D eigenvalue weighted by molar-refractivity contribution is 5.85. The van der Waals surface area contributed by atoms with Crippen LogP contribution in [0, 0.1) is 6.92 Å². The number of hydrogen-bond acceptors (Lipinski definition) is 3. The van der Waals surface area contributed by atoms with Gasteiger partial charge in [0, 0.05) is 5.56 Å². The number of carboxylic acid groups (broad SMARTS) is 1. The summed E-state index contributed by atoms with van der Waals surface area (Å²) in [5, 5.41) is 8.84. The van der Waals surface area contributed by atoms with Crippen LogP contribution in [0.25, 0.3) is 11.5 Å². The Morgan fingerprint density at radius 3 is 2.47 bits per heavy atom. The Labute approximate surface area is 112 Å². The van der Waals surface area contributed by atoms with E-state index >= 15 is 0 Å². The molecule has 0 radical (unpaired) electrons. The van der Waals surface area contributed by atoms with Crippen molar-refractivity contribution >= 4 is 5.97 Å². The largest absolute Gasteiger partial charge is 0.476 e. The molecule has 19 heavy (non-hydrogen) atoms. The number of aryl methyl sites for hydroxylation is 1. The lowest BCUT2D eigenvalue weighted by Crippen LogP contribution is -2.11. The number of carbonyl (C=O) groups is 1. The molecular formula is C15H17NO3. The summed E-state index contributed by atoms with van der Waals surface area (Å²) in [6, 6.07) is 6.03. The van der Waals surface area contributed by atoms with Gasteiger partial charge in [0.2, 0.25) is 5.89 Å². The maximum atomic E-state index is 10.8. The topological polar surface area (TPSA) is 63.3 Å². The van der Waals surface area contributed by atoms with Gasteiger partial charge in [-0.05, 0) is 29.5 Å². The second kappa shape index (κ2) is 4.53. The van der Waals surface area contributed by atoms with Crippen LogP contribution >= 0.6 is 0 Å². The molecule has 100 valence electrons. The first-order chi connectivity index (χ1) is 8.79. The minimum absolute atomic E-state index is 0.0747. The molecule has 0 aliphatic rings. The Balaban J connectivity index is 2.43. The van der Waals surface area contributed by atoms with Gasteiger partial charge in [-0.3, -0.25) is 0 Å². The van der Waals surface area contributed by atoms with E-state index in [-0.39, 0.29) is 11.1 Å². The molecule has 0 bridgehead atoms. The van der Waals surface area contributed by atoms with Crippen molar-refractivity contribution in [1.82, 2.24) is 4.98 Å². The molecule has 0 aliphatic carbocycles. The quantitative estimate of drug-likeness (QED) is 0.894. The van der Waals surface area contributed by atoms with E-state index < -0.39 is 5.97 Å². The van der Waals surface area contributed by atoms with E-state index in [1.54, 1.807) is 0 Å². The number of aromatic nitrogens is 1. The lowest BCUT2D eigenvalue weighted by Gasteiger charge is -2.20. The number of oxazole rings is 1. The third kappa shape index (κ3) is 2.67. The molecule has 0 fully saturated rings. The van der Waals surface area contributed by atoms with Gasteiger partial charge in [-0.2, -0.15) is 0 Å². The van der Waals surface area contributed by atoms with Crippen molar-refractivity contribution in [3.8, 4) is 11.5 Å². The monoisotopic (exact) mass is 259 g/mol. The number of benzene rings is 1. The van der Waals surface area contributed by atoms with E-state index in [0.29, 0.717) is 5.89 Å². The molecule has 0 atom stereocenters. The molecule has 1 N–H and O–H groups in total. The van der Waals surface area contributed by atoms with Crippen LogP contribution in [-0.4, -0.2) is 16.1 Å². The summed E-state index contributed by atoms with van der Waals surface area (Å²) in [4.78, 5) is 14.8. The lowest BCUT2D eigenvalue weighted by molar-refractivity contribution is 0.0690. The molecule has 1 heterocycles. The predicted molar refractivity (Wildman–Crippen MR) is 72.3 cm³/mol. The summed E-state index contributed by atoms with van der Waals surface area (Å²) < 4.78 is 5.23. The van der Waals surface area contributed by atoms with Crippen molar-refractivity contribution in [2.75, 3.05) is 0 Å². The van der Waals surface area contributed by atoms with E-state index in [1.807, 2.05) is 19.1 Å². The van der Waals surface area contributed by atoms with E-state index in [2.05, 4.69) is 31.8 Å². The average molecular weight is 259 g/mol. The highest BCUT2D eigenvalue weighted by Crippen LogP contribution is 2.29. The Hall–Kier alpha value is -2.10. The molecule has 0 saturated heterocycles. The van der Waals surface area contributed by atoms with Crippen LogP contribution in [0.1, 0.15) is 42.4 Å². The molecule has 0 aliphatic heterocycles. The van der Waals surface area contributed by atoms with Crippen molar-refractivity contribution in [1.29, 1.82) is 0 Å². The number of rotatable bonds is 2. The van der Waals surface area contributed by atoms with Gasteiger partial charge in [-0.25, -0.2) is 9.78 Å². The summed E-state index contributed by atoms with van der Waals surface area (Å²) >= 11 is 0. The van der Waals surface area contributed by atoms with Crippen LogP contribution in [0.15, 0.2) is 28.9 Å². The molecule has 0 amide bonds. The number of aromatic carboxylic acids is 1. The van der Waals surface area contributed by atoms with Crippen LogP contribution in [0.5, 0.6) is 0 Å². The van der Waals surface area contributed by atoms with Crippen LogP contribution < -0.4 is 0 Å². The number of hydrogen-bond donors (Lipinski definition) is 1. The molecule has 0 saturated carbocycles. The summed E-state index contributed by atoms with van der Waals surface area (Å²) in [5.74, 6) is -0.741. The Kier molecular flexibility index (Phi) is 3.18. The van der Waals surface area contributed by atoms with Crippen LogP contribution in [0.3, 0.4) is 0 Å². The molecule has 0 unspecified atom stereocenters. The third-order valence-corrected chi connectivity index (χ3v) is 3.05. The Bertz CT molecular complexity index is 621. The Morgan fingerprint density at radius 1 is 1.32 bits per heavy atom. The van der Waals surface area contributed by atoms with E-state index in [0.717, 1.165) is 17.4 Å². The predicted octanol–water partition coefficient (Wildman–Crippen LogP) is 3.65. The standard InChI is InChI=1S/C15H17NO3/c1-9-7-10(15(2,3)4)5-6-11(9)13-16-12(8-19-13)14(17)18/h5-8H,1-4H3,(H,17,18). The van der Waals surface area contributed by atoms with Gasteiger partial charge in [-0.1, -0.05) is 32.9 Å². The number of carboxylic acids is 1. The van der Waals surface area contributed by atoms with Gasteiger partial charge in [0.25, 0.3) is 0 Å². The fourth-order valence-corrected chi connectivity index (χ4v) is 1.87. The third-order valence-electron chi connectivity index (χ3n) is 3.05. The summed E-state index contributed by atoms with van der Waals surface area (Å²) in [6.45, 7) is 8.41. The second-order valence-electron chi connectivity index (χ2n) is 5.62. The van der Waals surface area contributed by atoms with Crippen LogP contribution in [0.4, 0.5) is 0 Å². The van der Waals surface area contributed by atoms with Crippen molar-refractivity contribution in [3.63, 3.8) is 0 Å². The fourth-order valence-electron chi connectivity index (χ4n) is 1.87. The van der Waals surface area contributed by atoms with Gasteiger partial charge < -0.3 is 9.52 Å². The van der Waals surface area contributed by atoms with Gasteiger partial charge in [0.15, 0.2) is 5.69 Å². The molecule has 2 rings (SSSR count). The minimum atomic E-state index is -1.08.